The summed E-state index contributed by atoms with van der Waals surface area (Å²) in [5.41, 5.74) is 6.26. The van der Waals surface area contributed by atoms with E-state index < -0.39 is 58.2 Å². The van der Waals surface area contributed by atoms with E-state index in [9.17, 15) is 29.1 Å². The van der Waals surface area contributed by atoms with Crippen molar-refractivity contribution in [3.63, 3.8) is 0 Å². The van der Waals surface area contributed by atoms with Gasteiger partial charge in [-0.1, -0.05) is 87.5 Å². The minimum atomic E-state index is -1.20. The normalized spacial score (nSPS) is 21.8. The molecule has 1 saturated heterocycles. The van der Waals surface area contributed by atoms with E-state index in [0.717, 1.165) is 66.3 Å². The molecular weight excluding hydrogens is 983 g/mol. The molecule has 3 aromatic rings. The summed E-state index contributed by atoms with van der Waals surface area (Å²) in [6.45, 7) is 12.7. The van der Waals surface area contributed by atoms with Crippen LogP contribution in [-0.2, 0) is 59.4 Å². The zero-order chi connectivity index (χ0) is 55.1. The first-order chi connectivity index (χ1) is 36.1. The fourth-order valence-corrected chi connectivity index (χ4v) is 12.1. The molecule has 9 atom stereocenters. The van der Waals surface area contributed by atoms with Gasteiger partial charge in [0, 0.05) is 36.7 Å². The van der Waals surface area contributed by atoms with Gasteiger partial charge in [0.05, 0.1) is 36.5 Å². The molecule has 0 radical (unpaired) electrons. The number of thioether (sulfide) groups is 1. The Labute approximate surface area is 453 Å². The molecule has 0 bridgehead atoms. The van der Waals surface area contributed by atoms with Crippen molar-refractivity contribution in [1.82, 2.24) is 47.0 Å². The van der Waals surface area contributed by atoms with Crippen molar-refractivity contribution >= 4 is 53.1 Å². The third-order valence-corrected chi connectivity index (χ3v) is 17.4. The first kappa shape index (κ1) is 57.9. The predicted molar refractivity (Wildman–Crippen MR) is 295 cm³/mol. The van der Waals surface area contributed by atoms with Crippen LogP contribution in [-0.4, -0.2) is 137 Å². The Hall–Kier alpha value is -5.82. The molecule has 2 heterocycles. The largest absolute Gasteiger partial charge is 0.395 e. The molecular formula is C58H81N9O8S. The second-order valence-corrected chi connectivity index (χ2v) is 24.3. The Balaban J connectivity index is 1.24. The molecule has 0 unspecified atom stereocenters. The lowest BCUT2D eigenvalue weighted by molar-refractivity contribution is -0.145. The highest BCUT2D eigenvalue weighted by atomic mass is 32.2. The lowest BCUT2D eigenvalue weighted by Gasteiger charge is -2.42. The highest BCUT2D eigenvalue weighted by Gasteiger charge is 2.48. The minimum absolute atomic E-state index is 0.00911. The number of aliphatic hydroxyl groups excluding tert-OH is 1. The standard InChI is InChI=1S/C58H81N9O8S/c1-34(59-8)51(70)64-49(57(3,4)5)55(74)66-32-41(30-47(66)54(73)63-45-23-15-19-37-17-11-13-21-43(37)45)38-24-25-39-29-46(53(72)62-44-22-14-18-36-16-10-12-20-42(36)44)67(31-40(39)28-38)56(75)50(65-52(71)35(2)60-9)58(6,7)76-33-48(69)61-26-27-68/h10-13,16-17,20-21,24-25,28,34-35,41,44-47,49-50,59-60,68H,14-15,18-19,22-23,26-27,29-33H2,1-9H3,(H,61,69)(H,62,72)(H,63,73)(H,64,70)(H,65,71)/t34-,35-,41-,44+,45+,46-,47-,49+,50+/m0/s1. The number of likely N-dealkylation sites (N-methyl/N-ethyl adjacent to an activating group) is 2. The van der Waals surface area contributed by atoms with Crippen LogP contribution in [0.4, 0.5) is 0 Å². The van der Waals surface area contributed by atoms with Gasteiger partial charge in [0.2, 0.25) is 41.4 Å². The van der Waals surface area contributed by atoms with Crippen LogP contribution in [0.5, 0.6) is 0 Å². The van der Waals surface area contributed by atoms with E-state index in [1.165, 1.54) is 22.9 Å². The molecule has 0 saturated carbocycles. The Morgan fingerprint density at radius 3 is 1.78 bits per heavy atom. The summed E-state index contributed by atoms with van der Waals surface area (Å²) in [6.07, 6.45) is 5.59. The summed E-state index contributed by atoms with van der Waals surface area (Å²) in [5.74, 6) is -2.93. The maximum absolute atomic E-state index is 15.6. The van der Waals surface area contributed by atoms with Crippen LogP contribution in [0, 0.1) is 5.41 Å². The highest BCUT2D eigenvalue weighted by Crippen LogP contribution is 2.39. The molecule has 3 aromatic carbocycles. The van der Waals surface area contributed by atoms with Gasteiger partial charge in [-0.25, -0.2) is 0 Å². The van der Waals surface area contributed by atoms with E-state index >= 15 is 9.59 Å². The van der Waals surface area contributed by atoms with Gasteiger partial charge in [0.25, 0.3) is 0 Å². The molecule has 0 aromatic heterocycles. The van der Waals surface area contributed by atoms with Crippen molar-refractivity contribution in [3.8, 4) is 0 Å². The van der Waals surface area contributed by atoms with E-state index in [2.05, 4.69) is 55.4 Å². The average molecular weight is 1060 g/mol. The number of nitrogens with zero attached hydrogens (tertiary/aromatic N) is 2. The monoisotopic (exact) mass is 1060 g/mol. The van der Waals surface area contributed by atoms with Crippen LogP contribution in [0.15, 0.2) is 66.7 Å². The zero-order valence-electron chi connectivity index (χ0n) is 45.8. The summed E-state index contributed by atoms with van der Waals surface area (Å²) in [4.78, 5) is 104. The number of nitrogens with one attached hydrogen (secondary N) is 7. The summed E-state index contributed by atoms with van der Waals surface area (Å²) < 4.78 is -1.08. The van der Waals surface area contributed by atoms with Gasteiger partial charge in [-0.3, -0.25) is 33.6 Å². The zero-order valence-corrected chi connectivity index (χ0v) is 46.7. The van der Waals surface area contributed by atoms with E-state index in [1.54, 1.807) is 51.6 Å². The van der Waals surface area contributed by atoms with Crippen molar-refractivity contribution in [2.24, 2.45) is 5.41 Å². The second kappa shape index (κ2) is 25.1. The van der Waals surface area contributed by atoms with E-state index in [4.69, 9.17) is 0 Å². The number of amides is 7. The van der Waals surface area contributed by atoms with Crippen LogP contribution in [0.2, 0.25) is 0 Å². The fourth-order valence-electron chi connectivity index (χ4n) is 11.1. The van der Waals surface area contributed by atoms with Crippen molar-refractivity contribution in [1.29, 1.82) is 0 Å². The molecule has 76 heavy (non-hydrogen) atoms. The third kappa shape index (κ3) is 13.5. The van der Waals surface area contributed by atoms with Gasteiger partial charge in [-0.15, -0.1) is 11.8 Å². The van der Waals surface area contributed by atoms with E-state index in [-0.39, 0.29) is 86.0 Å². The summed E-state index contributed by atoms with van der Waals surface area (Å²) in [5, 5.41) is 30.5. The number of rotatable bonds is 19. The van der Waals surface area contributed by atoms with Crippen LogP contribution < -0.4 is 37.2 Å². The maximum atomic E-state index is 15.6. The average Bonchev–Trinajstić information content (AvgIpc) is 3.88. The van der Waals surface area contributed by atoms with Crippen molar-refractivity contribution in [2.75, 3.05) is 39.5 Å². The third-order valence-electron chi connectivity index (χ3n) is 16.0. The number of hydrogen-bond acceptors (Lipinski definition) is 11. The lowest BCUT2D eigenvalue weighted by atomic mass is 9.85. The first-order valence-corrected chi connectivity index (χ1v) is 28.1. The van der Waals surface area contributed by atoms with Crippen LogP contribution in [0.3, 0.4) is 0 Å². The number of hydrogen-bond donors (Lipinski definition) is 8. The second-order valence-electron chi connectivity index (χ2n) is 22.7. The quantitative estimate of drug-likeness (QED) is 0.0860. The number of aliphatic hydroxyl groups is 1. The number of benzene rings is 3. The van der Waals surface area contributed by atoms with Gasteiger partial charge in [0.1, 0.15) is 24.2 Å². The molecule has 18 heteroatoms. The Morgan fingerprint density at radius 1 is 0.684 bits per heavy atom. The molecule has 7 rings (SSSR count). The highest BCUT2D eigenvalue weighted by molar-refractivity contribution is 8.01. The summed E-state index contributed by atoms with van der Waals surface area (Å²) in [7, 11) is 3.32. The number of carbonyl (C=O) groups is 7. The smallest absolute Gasteiger partial charge is 0.247 e. The summed E-state index contributed by atoms with van der Waals surface area (Å²) in [6, 6.07) is 16.5. The molecule has 8 N–H and O–H groups in total. The molecule has 1 fully saturated rings. The van der Waals surface area contributed by atoms with Gasteiger partial charge >= 0.3 is 0 Å². The molecule has 0 spiro atoms. The fraction of sp³-hybridized carbons (Fsp3) is 0.569. The SMILES string of the molecule is CN[C@@H](C)C(=O)N[C@H](C(=O)N1C[C@@H](c2ccc3c(c2)CN(C(=O)[C@@H](NC(=O)[C@H](C)NC)C(C)(C)SCC(=O)NCCO)[C@H](C(=O)N[C@@H]2CCCc4ccccc42)C3)C[C@H]1C(=O)N[C@@H]1CCCc2ccccc21)C(C)(C)C. The molecule has 4 aliphatic rings. The van der Waals surface area contributed by atoms with E-state index in [1.807, 2.05) is 69.3 Å². The molecule has 2 aliphatic carbocycles. The van der Waals surface area contributed by atoms with Crippen molar-refractivity contribution < 1.29 is 38.7 Å². The Bertz CT molecular complexity index is 2620. The topological polar surface area (TPSA) is 230 Å². The molecule has 7 amide bonds. The maximum Gasteiger partial charge on any atom is 0.247 e. The van der Waals surface area contributed by atoms with Crippen molar-refractivity contribution in [3.05, 3.63) is 106 Å². The van der Waals surface area contributed by atoms with Gasteiger partial charge in [-0.05, 0) is 131 Å². The van der Waals surface area contributed by atoms with Gasteiger partial charge in [-0.2, -0.15) is 0 Å². The Morgan fingerprint density at radius 2 is 1.22 bits per heavy atom. The number of fused-ring (bicyclic) bond motifs is 3. The van der Waals surface area contributed by atoms with Crippen molar-refractivity contribution in [2.45, 2.75) is 165 Å². The first-order valence-electron chi connectivity index (χ1n) is 27.1. The number of carbonyl (C=O) groups excluding carboxylic acids is 7. The van der Waals surface area contributed by atoms with Crippen LogP contribution in [0.1, 0.15) is 138 Å². The predicted octanol–water partition coefficient (Wildman–Crippen LogP) is 3.86. The number of aryl methyl sites for hydroxylation is 2. The molecule has 17 nitrogen and oxygen atoms in total. The minimum Gasteiger partial charge on any atom is -0.395 e. The van der Waals surface area contributed by atoms with Gasteiger partial charge in [0.15, 0.2) is 0 Å². The number of likely N-dealkylation sites (tertiary alicyclic amines) is 1. The van der Waals surface area contributed by atoms with Gasteiger partial charge < -0.3 is 52.1 Å². The van der Waals surface area contributed by atoms with E-state index in [0.29, 0.717) is 6.42 Å². The molecule has 412 valence electrons. The van der Waals surface area contributed by atoms with Crippen LogP contribution >= 0.6 is 11.8 Å². The Kier molecular flexibility index (Phi) is 19.1. The van der Waals surface area contributed by atoms with Crippen LogP contribution in [0.25, 0.3) is 0 Å². The lowest BCUT2D eigenvalue weighted by Crippen LogP contribution is -2.63. The molecule has 2 aliphatic heterocycles. The summed E-state index contributed by atoms with van der Waals surface area (Å²) >= 11 is 1.19.